The van der Waals surface area contributed by atoms with Gasteiger partial charge in [0.15, 0.2) is 0 Å². The number of hydrogen-bond acceptors (Lipinski definition) is 1. The Morgan fingerprint density at radius 2 is 1.53 bits per heavy atom. The topological polar surface area (TPSA) is 12.0 Å². The predicted octanol–water partition coefficient (Wildman–Crippen LogP) is 4.37. The fourth-order valence-corrected chi connectivity index (χ4v) is 2.36. The molecule has 0 rings (SSSR count). The zero-order valence-corrected chi connectivity index (χ0v) is 11.5. The van der Waals surface area contributed by atoms with Crippen LogP contribution in [0.2, 0.25) is 0 Å². The lowest BCUT2D eigenvalue weighted by Crippen LogP contribution is -2.39. The van der Waals surface area contributed by atoms with Crippen molar-refractivity contribution < 1.29 is 0 Å². The van der Waals surface area contributed by atoms with Crippen molar-refractivity contribution >= 4 is 0 Å². The van der Waals surface area contributed by atoms with Crippen molar-refractivity contribution in [1.82, 2.24) is 5.32 Å². The van der Waals surface area contributed by atoms with Gasteiger partial charge in [0.2, 0.25) is 0 Å². The quantitative estimate of drug-likeness (QED) is 0.561. The Bertz CT molecular complexity index is 129. The van der Waals surface area contributed by atoms with Gasteiger partial charge in [-0.05, 0) is 26.2 Å². The lowest BCUT2D eigenvalue weighted by molar-refractivity contribution is 0.318. The van der Waals surface area contributed by atoms with E-state index in [1.807, 2.05) is 0 Å². The summed E-state index contributed by atoms with van der Waals surface area (Å²) in [6.45, 7) is 11.5. The number of nitrogens with one attached hydrogen (secondary N) is 1. The zero-order chi connectivity index (χ0) is 11.7. The van der Waals surface area contributed by atoms with Gasteiger partial charge in [-0.15, -0.1) is 0 Å². The molecule has 2 atom stereocenters. The highest BCUT2D eigenvalue weighted by molar-refractivity contribution is 4.73. The fraction of sp³-hybridized carbons (Fsp3) is 1.00. The lowest BCUT2D eigenvalue weighted by Gasteiger charge is -2.26. The van der Waals surface area contributed by atoms with Gasteiger partial charge >= 0.3 is 0 Å². The number of unbranched alkanes of at least 4 members (excludes halogenated alkanes) is 2. The minimum atomic E-state index is 0.677. The summed E-state index contributed by atoms with van der Waals surface area (Å²) in [5, 5.41) is 3.74. The molecule has 0 amide bonds. The summed E-state index contributed by atoms with van der Waals surface area (Å²) in [6, 6.07) is 1.36. The third-order valence-electron chi connectivity index (χ3n) is 3.54. The van der Waals surface area contributed by atoms with Gasteiger partial charge in [0.05, 0.1) is 0 Å². The van der Waals surface area contributed by atoms with Crippen molar-refractivity contribution in [3.05, 3.63) is 0 Å². The summed E-state index contributed by atoms with van der Waals surface area (Å²) in [5.74, 6) is 0.846. The molecule has 1 nitrogen and oxygen atoms in total. The van der Waals surface area contributed by atoms with Crippen LogP contribution in [0.25, 0.3) is 0 Å². The normalized spacial score (nSPS) is 15.6. The van der Waals surface area contributed by atoms with Gasteiger partial charge in [0.1, 0.15) is 0 Å². The maximum absolute atomic E-state index is 3.74. The van der Waals surface area contributed by atoms with E-state index in [4.69, 9.17) is 0 Å². The molecule has 0 aromatic heterocycles. The van der Waals surface area contributed by atoms with E-state index in [2.05, 4.69) is 39.9 Å². The van der Waals surface area contributed by atoms with Crippen molar-refractivity contribution in [2.24, 2.45) is 5.92 Å². The molecule has 1 heteroatoms. The monoisotopic (exact) mass is 213 g/mol. The van der Waals surface area contributed by atoms with Crippen LogP contribution in [0.1, 0.15) is 73.1 Å². The van der Waals surface area contributed by atoms with Gasteiger partial charge in [-0.25, -0.2) is 0 Å². The first-order valence-electron chi connectivity index (χ1n) is 6.91. The van der Waals surface area contributed by atoms with E-state index in [1.165, 1.54) is 38.5 Å². The molecule has 0 aromatic carbocycles. The van der Waals surface area contributed by atoms with Crippen molar-refractivity contribution in [3.63, 3.8) is 0 Å². The molecule has 92 valence electrons. The average Bonchev–Trinajstić information content (AvgIpc) is 2.20. The van der Waals surface area contributed by atoms with Crippen LogP contribution >= 0.6 is 0 Å². The molecule has 0 aliphatic carbocycles. The highest BCUT2D eigenvalue weighted by atomic mass is 14.9. The van der Waals surface area contributed by atoms with Crippen molar-refractivity contribution in [2.75, 3.05) is 0 Å². The van der Waals surface area contributed by atoms with Gasteiger partial charge in [-0.3, -0.25) is 0 Å². The molecule has 0 aliphatic rings. The zero-order valence-electron chi connectivity index (χ0n) is 11.5. The van der Waals surface area contributed by atoms with Gasteiger partial charge in [-0.2, -0.15) is 0 Å². The molecule has 0 saturated carbocycles. The van der Waals surface area contributed by atoms with Gasteiger partial charge in [-0.1, -0.05) is 52.9 Å². The summed E-state index contributed by atoms with van der Waals surface area (Å²) in [6.07, 6.45) is 8.01. The molecule has 0 radical (unpaired) electrons. The fourth-order valence-electron chi connectivity index (χ4n) is 2.36. The van der Waals surface area contributed by atoms with Gasteiger partial charge < -0.3 is 5.32 Å². The van der Waals surface area contributed by atoms with E-state index in [9.17, 15) is 0 Å². The molecule has 0 spiro atoms. The van der Waals surface area contributed by atoms with Crippen LogP contribution in [-0.2, 0) is 0 Å². The molecule has 2 unspecified atom stereocenters. The third-order valence-corrected chi connectivity index (χ3v) is 3.54. The Morgan fingerprint density at radius 3 is 2.00 bits per heavy atom. The third kappa shape index (κ3) is 6.94. The molecule has 0 saturated heterocycles. The Morgan fingerprint density at radius 1 is 0.933 bits per heavy atom. The van der Waals surface area contributed by atoms with E-state index in [0.29, 0.717) is 12.1 Å². The van der Waals surface area contributed by atoms with Crippen molar-refractivity contribution in [3.8, 4) is 0 Å². The van der Waals surface area contributed by atoms with Crippen LogP contribution in [0.15, 0.2) is 0 Å². The minimum absolute atomic E-state index is 0.677. The number of rotatable bonds is 9. The van der Waals surface area contributed by atoms with Crippen LogP contribution in [0.3, 0.4) is 0 Å². The smallest absolute Gasteiger partial charge is 0.00692 e. The largest absolute Gasteiger partial charge is 0.312 e. The number of hydrogen-bond donors (Lipinski definition) is 1. The second-order valence-electron chi connectivity index (χ2n) is 4.93. The van der Waals surface area contributed by atoms with E-state index in [0.717, 1.165) is 5.92 Å². The van der Waals surface area contributed by atoms with Crippen LogP contribution in [-0.4, -0.2) is 12.1 Å². The summed E-state index contributed by atoms with van der Waals surface area (Å²) >= 11 is 0. The SMILES string of the molecule is CCCCCC(C)NC(C)C(CC)CC. The molecular weight excluding hydrogens is 182 g/mol. The second-order valence-corrected chi connectivity index (χ2v) is 4.93. The molecule has 1 N–H and O–H groups in total. The van der Waals surface area contributed by atoms with E-state index >= 15 is 0 Å². The lowest BCUT2D eigenvalue weighted by atomic mass is 9.94. The van der Waals surface area contributed by atoms with Crippen molar-refractivity contribution in [2.45, 2.75) is 85.2 Å². The molecular formula is C14H31N. The second kappa shape index (κ2) is 9.21. The van der Waals surface area contributed by atoms with Crippen LogP contribution < -0.4 is 5.32 Å². The highest BCUT2D eigenvalue weighted by Gasteiger charge is 2.14. The minimum Gasteiger partial charge on any atom is -0.312 e. The Hall–Kier alpha value is -0.0400. The molecule has 0 aromatic rings. The Labute approximate surface area is 97.0 Å². The van der Waals surface area contributed by atoms with Crippen LogP contribution in [0.4, 0.5) is 0 Å². The van der Waals surface area contributed by atoms with Crippen LogP contribution in [0, 0.1) is 5.92 Å². The first-order valence-corrected chi connectivity index (χ1v) is 6.91. The predicted molar refractivity (Wildman–Crippen MR) is 70.3 cm³/mol. The summed E-state index contributed by atoms with van der Waals surface area (Å²) in [4.78, 5) is 0. The highest BCUT2D eigenvalue weighted by Crippen LogP contribution is 2.14. The Kier molecular flexibility index (Phi) is 9.18. The van der Waals surface area contributed by atoms with E-state index in [1.54, 1.807) is 0 Å². The van der Waals surface area contributed by atoms with Crippen LogP contribution in [0.5, 0.6) is 0 Å². The molecule has 0 fully saturated rings. The van der Waals surface area contributed by atoms with E-state index < -0.39 is 0 Å². The maximum Gasteiger partial charge on any atom is 0.00692 e. The molecule has 0 heterocycles. The summed E-state index contributed by atoms with van der Waals surface area (Å²) in [5.41, 5.74) is 0. The van der Waals surface area contributed by atoms with Crippen molar-refractivity contribution in [1.29, 1.82) is 0 Å². The first kappa shape index (κ1) is 15.0. The summed E-state index contributed by atoms with van der Waals surface area (Å²) in [7, 11) is 0. The van der Waals surface area contributed by atoms with E-state index in [-0.39, 0.29) is 0 Å². The van der Waals surface area contributed by atoms with Gasteiger partial charge in [0.25, 0.3) is 0 Å². The summed E-state index contributed by atoms with van der Waals surface area (Å²) < 4.78 is 0. The molecule has 0 aliphatic heterocycles. The van der Waals surface area contributed by atoms with Gasteiger partial charge in [0, 0.05) is 12.1 Å². The first-order chi connectivity index (χ1) is 7.15. The standard InChI is InChI=1S/C14H31N/c1-6-9-10-11-12(4)15-13(5)14(7-2)8-3/h12-15H,6-11H2,1-5H3. The molecule has 15 heavy (non-hydrogen) atoms. The molecule has 0 bridgehead atoms. The maximum atomic E-state index is 3.74. The average molecular weight is 213 g/mol. The Balaban J connectivity index is 3.68.